The number of hydrogen-bond acceptors (Lipinski definition) is 3. The molecule has 2 aromatic rings. The van der Waals surface area contributed by atoms with Gasteiger partial charge in [-0.05, 0) is 36.7 Å². The van der Waals surface area contributed by atoms with Gasteiger partial charge in [0.25, 0.3) is 5.56 Å². The van der Waals surface area contributed by atoms with Crippen LogP contribution in [0.5, 0.6) is 0 Å². The van der Waals surface area contributed by atoms with Crippen molar-refractivity contribution in [2.24, 2.45) is 17.8 Å². The molecule has 2 aliphatic carbocycles. The zero-order chi connectivity index (χ0) is 15.8. The molecule has 0 saturated heterocycles. The highest BCUT2D eigenvalue weighted by Crippen LogP contribution is 2.42. The Morgan fingerprint density at radius 3 is 2.78 bits per heavy atom. The summed E-state index contributed by atoms with van der Waals surface area (Å²) in [5.41, 5.74) is 0.393. The van der Waals surface area contributed by atoms with E-state index in [9.17, 15) is 9.59 Å². The van der Waals surface area contributed by atoms with Crippen LogP contribution in [0.1, 0.15) is 18.5 Å². The van der Waals surface area contributed by atoms with Gasteiger partial charge in [-0.25, -0.2) is 5.10 Å². The Labute approximate surface area is 133 Å². The molecule has 23 heavy (non-hydrogen) atoms. The summed E-state index contributed by atoms with van der Waals surface area (Å²) >= 11 is 0. The highest BCUT2D eigenvalue weighted by Gasteiger charge is 2.35. The Balaban J connectivity index is 1.44. The number of rotatable bonds is 4. The summed E-state index contributed by atoms with van der Waals surface area (Å²) in [6.07, 6.45) is 7.21. The van der Waals surface area contributed by atoms with Crippen LogP contribution in [0.25, 0.3) is 10.8 Å². The van der Waals surface area contributed by atoms with E-state index < -0.39 is 0 Å². The Hall–Kier alpha value is -2.43. The van der Waals surface area contributed by atoms with Gasteiger partial charge in [0.2, 0.25) is 5.91 Å². The van der Waals surface area contributed by atoms with Crippen LogP contribution >= 0.6 is 0 Å². The number of carbonyl (C=O) groups excluding carboxylic acids is 1. The van der Waals surface area contributed by atoms with Gasteiger partial charge in [0.15, 0.2) is 0 Å². The minimum atomic E-state index is -0.224. The van der Waals surface area contributed by atoms with Crippen molar-refractivity contribution in [3.63, 3.8) is 0 Å². The number of allylic oxidation sites excluding steroid dienone is 2. The molecule has 1 heterocycles. The van der Waals surface area contributed by atoms with E-state index >= 15 is 0 Å². The van der Waals surface area contributed by atoms with Crippen molar-refractivity contribution in [1.29, 1.82) is 0 Å². The van der Waals surface area contributed by atoms with Gasteiger partial charge in [-0.1, -0.05) is 30.4 Å². The highest BCUT2D eigenvalue weighted by atomic mass is 16.1. The number of aromatic nitrogens is 2. The van der Waals surface area contributed by atoms with Crippen LogP contribution < -0.4 is 10.9 Å². The molecule has 1 fully saturated rings. The molecule has 0 spiro atoms. The molecule has 3 atom stereocenters. The van der Waals surface area contributed by atoms with E-state index in [4.69, 9.17) is 0 Å². The molecule has 5 nitrogen and oxygen atoms in total. The topological polar surface area (TPSA) is 74.8 Å². The zero-order valence-corrected chi connectivity index (χ0v) is 12.8. The lowest BCUT2D eigenvalue weighted by Crippen LogP contribution is -2.32. The van der Waals surface area contributed by atoms with Crippen molar-refractivity contribution in [2.45, 2.75) is 19.3 Å². The first-order chi connectivity index (χ1) is 11.2. The molecule has 5 heteroatoms. The van der Waals surface area contributed by atoms with Gasteiger partial charge in [0, 0.05) is 11.9 Å². The van der Waals surface area contributed by atoms with E-state index in [2.05, 4.69) is 27.7 Å². The zero-order valence-electron chi connectivity index (χ0n) is 12.8. The van der Waals surface area contributed by atoms with E-state index in [-0.39, 0.29) is 17.9 Å². The largest absolute Gasteiger partial charge is 0.355 e. The van der Waals surface area contributed by atoms with Crippen molar-refractivity contribution < 1.29 is 4.79 Å². The van der Waals surface area contributed by atoms with Gasteiger partial charge < -0.3 is 5.32 Å². The molecule has 0 radical (unpaired) electrons. The maximum absolute atomic E-state index is 12.2. The number of carbonyl (C=O) groups is 1. The Morgan fingerprint density at radius 2 is 2.04 bits per heavy atom. The second-order valence-electron chi connectivity index (χ2n) is 6.57. The van der Waals surface area contributed by atoms with Crippen LogP contribution in [0.4, 0.5) is 0 Å². The van der Waals surface area contributed by atoms with Crippen LogP contribution in [0.15, 0.2) is 41.2 Å². The average molecular weight is 309 g/mol. The Morgan fingerprint density at radius 1 is 1.22 bits per heavy atom. The third kappa shape index (κ3) is 2.67. The second kappa shape index (κ2) is 5.65. The number of fused-ring (bicyclic) bond motifs is 3. The van der Waals surface area contributed by atoms with Gasteiger partial charge >= 0.3 is 0 Å². The predicted octanol–water partition coefficient (Wildman–Crippen LogP) is 1.79. The number of H-pyrrole nitrogens is 1. The monoisotopic (exact) mass is 309 g/mol. The summed E-state index contributed by atoms with van der Waals surface area (Å²) in [7, 11) is 0. The molecule has 2 aliphatic rings. The summed E-state index contributed by atoms with van der Waals surface area (Å²) in [6.45, 7) is 0.728. The SMILES string of the molecule is O=C(Cc1n[nH]c(=O)c2ccccc12)NC[C@@H]1C[C@@H]2C=C[C@H]1C2. The fourth-order valence-electron chi connectivity index (χ4n) is 3.90. The smallest absolute Gasteiger partial charge is 0.272 e. The van der Waals surface area contributed by atoms with Crippen molar-refractivity contribution in [3.05, 3.63) is 52.5 Å². The number of nitrogens with zero attached hydrogens (tertiary/aromatic N) is 1. The van der Waals surface area contributed by atoms with Crippen LogP contribution in [-0.2, 0) is 11.2 Å². The fraction of sp³-hybridized carbons (Fsp3) is 0.389. The molecule has 0 unspecified atom stereocenters. The van der Waals surface area contributed by atoms with E-state index in [0.717, 1.165) is 11.9 Å². The quantitative estimate of drug-likeness (QED) is 0.846. The molecule has 1 aromatic heterocycles. The van der Waals surface area contributed by atoms with Crippen LogP contribution in [0, 0.1) is 17.8 Å². The number of hydrogen-bond donors (Lipinski definition) is 2. The van der Waals surface area contributed by atoms with E-state index in [1.165, 1.54) is 12.8 Å². The van der Waals surface area contributed by atoms with Crippen molar-refractivity contribution in [2.75, 3.05) is 6.54 Å². The van der Waals surface area contributed by atoms with E-state index in [1.807, 2.05) is 18.2 Å². The van der Waals surface area contributed by atoms with Gasteiger partial charge in [-0.15, -0.1) is 0 Å². The van der Waals surface area contributed by atoms with Crippen molar-refractivity contribution in [1.82, 2.24) is 15.5 Å². The molecule has 1 amide bonds. The summed E-state index contributed by atoms with van der Waals surface area (Å²) in [5.74, 6) is 1.87. The highest BCUT2D eigenvalue weighted by molar-refractivity contribution is 5.88. The standard InChI is InChI=1S/C18H19N3O2/c22-17(19-10-13-8-11-5-6-12(13)7-11)9-16-14-3-1-2-4-15(14)18(23)21-20-16/h1-6,11-13H,7-10H2,(H,19,22)(H,21,23)/t11-,12+,13+/m1/s1. The fourth-order valence-corrected chi connectivity index (χ4v) is 3.90. The van der Waals surface area contributed by atoms with Crippen LogP contribution in [-0.4, -0.2) is 22.6 Å². The molecule has 2 N–H and O–H groups in total. The summed E-state index contributed by atoms with van der Waals surface area (Å²) in [5, 5.41) is 10.9. The number of nitrogens with one attached hydrogen (secondary N) is 2. The maximum atomic E-state index is 12.2. The molecule has 1 saturated carbocycles. The predicted molar refractivity (Wildman–Crippen MR) is 87.9 cm³/mol. The first-order valence-corrected chi connectivity index (χ1v) is 8.12. The Kier molecular flexibility index (Phi) is 3.48. The summed E-state index contributed by atoms with van der Waals surface area (Å²) < 4.78 is 0. The first-order valence-electron chi connectivity index (χ1n) is 8.12. The maximum Gasteiger partial charge on any atom is 0.272 e. The molecule has 0 aliphatic heterocycles. The van der Waals surface area contributed by atoms with Gasteiger partial charge in [0.1, 0.15) is 0 Å². The second-order valence-corrected chi connectivity index (χ2v) is 6.57. The van der Waals surface area contributed by atoms with Crippen LogP contribution in [0.2, 0.25) is 0 Å². The minimum Gasteiger partial charge on any atom is -0.355 e. The minimum absolute atomic E-state index is 0.0403. The molecule has 2 bridgehead atoms. The molecule has 4 rings (SSSR count). The number of amides is 1. The van der Waals surface area contributed by atoms with Gasteiger partial charge in [-0.2, -0.15) is 5.10 Å². The number of aromatic amines is 1. The normalized spacial score (nSPS) is 25.1. The van der Waals surface area contributed by atoms with Crippen molar-refractivity contribution in [3.8, 4) is 0 Å². The lowest BCUT2D eigenvalue weighted by Gasteiger charge is -2.18. The third-order valence-corrected chi connectivity index (χ3v) is 5.08. The van der Waals surface area contributed by atoms with Gasteiger partial charge in [0.05, 0.1) is 17.5 Å². The first kappa shape index (κ1) is 14.2. The van der Waals surface area contributed by atoms with Crippen LogP contribution in [0.3, 0.4) is 0 Å². The molecular weight excluding hydrogens is 290 g/mol. The van der Waals surface area contributed by atoms with E-state index in [0.29, 0.717) is 28.8 Å². The summed E-state index contributed by atoms with van der Waals surface area (Å²) in [4.78, 5) is 24.0. The number of benzene rings is 1. The molecule has 118 valence electrons. The van der Waals surface area contributed by atoms with Gasteiger partial charge in [-0.3, -0.25) is 9.59 Å². The van der Waals surface area contributed by atoms with Crippen molar-refractivity contribution >= 4 is 16.7 Å². The summed E-state index contributed by atoms with van der Waals surface area (Å²) in [6, 6.07) is 7.25. The lowest BCUT2D eigenvalue weighted by molar-refractivity contribution is -0.120. The Bertz CT molecular complexity index is 840. The molecule has 1 aromatic carbocycles. The third-order valence-electron chi connectivity index (χ3n) is 5.08. The van der Waals surface area contributed by atoms with E-state index in [1.54, 1.807) is 6.07 Å². The average Bonchev–Trinajstić information content (AvgIpc) is 3.19. The lowest BCUT2D eigenvalue weighted by atomic mass is 9.93. The molecular formula is C18H19N3O2.